The number of nitrogens with zero attached hydrogens (tertiary/aromatic N) is 6. The van der Waals surface area contributed by atoms with E-state index in [0.29, 0.717) is 29.3 Å². The van der Waals surface area contributed by atoms with Crippen LogP contribution in [0.3, 0.4) is 0 Å². The number of nitrogens with two attached hydrogens (primary N) is 1. The van der Waals surface area contributed by atoms with Gasteiger partial charge in [0.2, 0.25) is 5.71 Å². The number of aromatic nitrogens is 6. The van der Waals surface area contributed by atoms with Crippen molar-refractivity contribution in [1.82, 2.24) is 34.4 Å². The van der Waals surface area contributed by atoms with E-state index in [2.05, 4.69) is 44.2 Å². The summed E-state index contributed by atoms with van der Waals surface area (Å²) in [5.74, 6) is 6.19. The maximum atomic E-state index is 13.9. The zero-order chi connectivity index (χ0) is 28.4. The average Bonchev–Trinajstić information content (AvgIpc) is 3.62. The monoisotopic (exact) mass is 537 g/mol. The molecule has 12 nitrogen and oxygen atoms in total. The van der Waals surface area contributed by atoms with E-state index < -0.39 is 11.9 Å². The van der Waals surface area contributed by atoms with Gasteiger partial charge in [-0.2, -0.15) is 15.2 Å². The summed E-state index contributed by atoms with van der Waals surface area (Å²) in [7, 11) is 3.47. The van der Waals surface area contributed by atoms with Crippen molar-refractivity contribution in [2.75, 3.05) is 17.6 Å². The van der Waals surface area contributed by atoms with Crippen molar-refractivity contribution in [3.05, 3.63) is 94.5 Å². The third-order valence-electron chi connectivity index (χ3n) is 6.14. The number of para-hydroxylation sites is 1. The number of anilines is 2. The van der Waals surface area contributed by atoms with Crippen LogP contribution in [0.25, 0.3) is 16.8 Å². The second kappa shape index (κ2) is 10.7. The molecule has 0 saturated heterocycles. The number of aryl methyl sites for hydroxylation is 2. The molecular formula is C28H27N9O3. The van der Waals surface area contributed by atoms with Crippen LogP contribution in [-0.4, -0.2) is 41.6 Å². The lowest BCUT2D eigenvalue weighted by Gasteiger charge is -2.19. The predicted octanol–water partition coefficient (Wildman–Crippen LogP) is 2.52. The van der Waals surface area contributed by atoms with E-state index in [1.807, 2.05) is 18.2 Å². The summed E-state index contributed by atoms with van der Waals surface area (Å²) in [5, 5.41) is 14.6. The van der Waals surface area contributed by atoms with Crippen LogP contribution in [-0.2, 0) is 14.1 Å². The van der Waals surface area contributed by atoms with Gasteiger partial charge in [-0.05, 0) is 31.0 Å². The minimum atomic E-state index is -0.732. The van der Waals surface area contributed by atoms with Crippen LogP contribution in [0.5, 0.6) is 0 Å². The van der Waals surface area contributed by atoms with Gasteiger partial charge in [0.05, 0.1) is 17.3 Å². The van der Waals surface area contributed by atoms with Gasteiger partial charge in [0.1, 0.15) is 34.5 Å². The van der Waals surface area contributed by atoms with Crippen molar-refractivity contribution in [1.29, 1.82) is 0 Å². The normalized spacial score (nSPS) is 11.6. The Morgan fingerprint density at radius 2 is 1.98 bits per heavy atom. The van der Waals surface area contributed by atoms with E-state index in [0.717, 1.165) is 0 Å². The molecule has 4 N–H and O–H groups in total. The van der Waals surface area contributed by atoms with Crippen molar-refractivity contribution in [3.8, 4) is 17.5 Å². The van der Waals surface area contributed by atoms with Crippen LogP contribution in [0.2, 0.25) is 0 Å². The van der Waals surface area contributed by atoms with E-state index in [-0.39, 0.29) is 33.9 Å². The van der Waals surface area contributed by atoms with Gasteiger partial charge in [-0.3, -0.25) is 23.5 Å². The molecule has 0 radical (unpaired) electrons. The summed E-state index contributed by atoms with van der Waals surface area (Å²) >= 11 is 0. The van der Waals surface area contributed by atoms with Crippen LogP contribution in [0.1, 0.15) is 40.4 Å². The highest BCUT2D eigenvalue weighted by atomic mass is 16.3. The smallest absolute Gasteiger partial charge is 0.270 e. The van der Waals surface area contributed by atoms with Crippen LogP contribution in [0, 0.1) is 11.8 Å². The molecule has 0 spiro atoms. The third-order valence-corrected chi connectivity index (χ3v) is 6.14. The molecule has 0 aliphatic heterocycles. The largest absolute Gasteiger partial charge is 0.445 e. The molecule has 1 atom stereocenters. The molecule has 0 bridgehead atoms. The van der Waals surface area contributed by atoms with E-state index >= 15 is 0 Å². The predicted molar refractivity (Wildman–Crippen MR) is 151 cm³/mol. The topological polar surface area (TPSA) is 151 Å². The lowest BCUT2D eigenvalue weighted by molar-refractivity contribution is 0.0939. The van der Waals surface area contributed by atoms with Crippen molar-refractivity contribution in [2.45, 2.75) is 13.0 Å². The number of nitrogens with one attached hydrogen (secondary N) is 2. The van der Waals surface area contributed by atoms with Gasteiger partial charge in [-0.25, -0.2) is 0 Å². The number of amides is 1. The number of rotatable bonds is 7. The van der Waals surface area contributed by atoms with Gasteiger partial charge in [0.15, 0.2) is 5.82 Å². The quantitative estimate of drug-likeness (QED) is 0.212. The number of benzene rings is 1. The molecule has 4 aromatic heterocycles. The zero-order valence-electron chi connectivity index (χ0n) is 22.2. The molecule has 1 aromatic carbocycles. The Hall–Kier alpha value is -5.57. The van der Waals surface area contributed by atoms with Gasteiger partial charge in [-0.1, -0.05) is 30.2 Å². The average molecular weight is 538 g/mol. The molecule has 0 aliphatic rings. The first-order valence-electron chi connectivity index (χ1n) is 12.4. The van der Waals surface area contributed by atoms with Crippen LogP contribution >= 0.6 is 0 Å². The first-order valence-corrected chi connectivity index (χ1v) is 12.4. The summed E-state index contributed by atoms with van der Waals surface area (Å²) in [4.78, 5) is 32.0. The molecule has 1 unspecified atom stereocenters. The molecule has 12 heteroatoms. The maximum absolute atomic E-state index is 13.9. The molecule has 1 amide bonds. The fraction of sp³-hybridized carbons (Fsp3) is 0.179. The van der Waals surface area contributed by atoms with E-state index in [1.54, 1.807) is 56.2 Å². The SMILES string of the molecule is C=CCNc1c(C(=O)NC(C)c2nc3occ(C#Cc4ccn(C)n4)c3c(=O)n2-c2ccccc2)c(N)nn1C. The highest BCUT2D eigenvalue weighted by Gasteiger charge is 2.26. The number of furan rings is 1. The Morgan fingerprint density at radius 1 is 1.20 bits per heavy atom. The molecule has 0 aliphatic carbocycles. The fourth-order valence-electron chi connectivity index (χ4n) is 4.30. The third kappa shape index (κ3) is 4.83. The number of hydrogen-bond acceptors (Lipinski definition) is 8. The van der Waals surface area contributed by atoms with Crippen molar-refractivity contribution < 1.29 is 9.21 Å². The number of nitrogen functional groups attached to an aromatic ring is 1. The Kier molecular flexibility index (Phi) is 6.94. The van der Waals surface area contributed by atoms with Gasteiger partial charge in [0, 0.05) is 26.8 Å². The zero-order valence-corrected chi connectivity index (χ0v) is 22.2. The summed E-state index contributed by atoms with van der Waals surface area (Å²) in [6.45, 7) is 5.82. The van der Waals surface area contributed by atoms with Crippen LogP contribution in [0.4, 0.5) is 11.6 Å². The van der Waals surface area contributed by atoms with Gasteiger partial charge in [-0.15, -0.1) is 6.58 Å². The first kappa shape index (κ1) is 26.1. The van der Waals surface area contributed by atoms with Crippen molar-refractivity contribution >= 4 is 28.6 Å². The molecule has 5 rings (SSSR count). The van der Waals surface area contributed by atoms with Gasteiger partial charge >= 0.3 is 0 Å². The molecule has 202 valence electrons. The standard InChI is InChI=1S/C28H27N9O3/c1-5-14-30-25-22(23(29)34-36(25)4)26(38)31-17(2)24-32-27-21(28(39)37(24)20-9-7-6-8-10-20)18(16-40-27)11-12-19-13-15-35(3)33-19/h5-10,13,15-17,30H,1,14H2,2-4H3,(H2,29,34)(H,31,38). The lowest BCUT2D eigenvalue weighted by atomic mass is 10.2. The number of carbonyl (C=O) groups is 1. The van der Waals surface area contributed by atoms with Crippen LogP contribution < -0.4 is 21.9 Å². The second-order valence-corrected chi connectivity index (χ2v) is 9.00. The molecule has 0 saturated carbocycles. The summed E-state index contributed by atoms with van der Waals surface area (Å²) in [6.07, 6.45) is 4.83. The number of hydrogen-bond donors (Lipinski definition) is 3. The fourth-order valence-corrected chi connectivity index (χ4v) is 4.30. The summed E-state index contributed by atoms with van der Waals surface area (Å²) < 4.78 is 10.2. The molecular weight excluding hydrogens is 510 g/mol. The van der Waals surface area contributed by atoms with Crippen molar-refractivity contribution in [2.24, 2.45) is 14.1 Å². The van der Waals surface area contributed by atoms with E-state index in [4.69, 9.17) is 10.2 Å². The Labute approximate surface area is 229 Å². The van der Waals surface area contributed by atoms with E-state index in [1.165, 1.54) is 15.5 Å². The Morgan fingerprint density at radius 3 is 2.67 bits per heavy atom. The number of carbonyl (C=O) groups excluding carboxylic acids is 1. The second-order valence-electron chi connectivity index (χ2n) is 9.00. The highest BCUT2D eigenvalue weighted by Crippen LogP contribution is 2.24. The summed E-state index contributed by atoms with van der Waals surface area (Å²) in [6, 6.07) is 10.1. The molecule has 4 heterocycles. The first-order chi connectivity index (χ1) is 19.3. The lowest BCUT2D eigenvalue weighted by Crippen LogP contribution is -2.33. The van der Waals surface area contributed by atoms with Crippen molar-refractivity contribution in [3.63, 3.8) is 0 Å². The minimum Gasteiger partial charge on any atom is -0.445 e. The Bertz CT molecular complexity index is 1850. The minimum absolute atomic E-state index is 0.0600. The number of fused-ring (bicyclic) bond motifs is 1. The maximum Gasteiger partial charge on any atom is 0.270 e. The molecule has 40 heavy (non-hydrogen) atoms. The van der Waals surface area contributed by atoms with E-state index in [9.17, 15) is 9.59 Å². The van der Waals surface area contributed by atoms with Crippen LogP contribution in [0.15, 0.2) is 70.7 Å². The molecule has 5 aromatic rings. The Balaban J connectivity index is 1.58. The van der Waals surface area contributed by atoms with Gasteiger partial charge < -0.3 is 20.8 Å². The molecule has 0 fully saturated rings. The highest BCUT2D eigenvalue weighted by molar-refractivity contribution is 6.03. The summed E-state index contributed by atoms with van der Waals surface area (Å²) in [5.41, 5.74) is 7.46. The van der Waals surface area contributed by atoms with Gasteiger partial charge in [0.25, 0.3) is 11.5 Å².